The molecule has 0 saturated carbocycles. The maximum absolute atomic E-state index is 11.8. The molecule has 7 nitrogen and oxygen atoms in total. The molecule has 0 fully saturated rings. The Morgan fingerprint density at radius 3 is 2.58 bits per heavy atom. The zero-order valence-corrected chi connectivity index (χ0v) is 13.9. The number of allylic oxidation sites excluding steroid dienone is 1. The first-order valence-corrected chi connectivity index (χ1v) is 7.37. The average molecular weight is 330 g/mol. The van der Waals surface area contributed by atoms with Gasteiger partial charge in [-0.2, -0.15) is 0 Å². The molecule has 0 spiro atoms. The van der Waals surface area contributed by atoms with E-state index in [0.29, 0.717) is 16.8 Å². The molecule has 0 unspecified atom stereocenters. The van der Waals surface area contributed by atoms with Gasteiger partial charge in [0.25, 0.3) is 0 Å². The molecule has 1 aromatic carbocycles. The Kier molecular flexibility index (Phi) is 5.13. The summed E-state index contributed by atoms with van der Waals surface area (Å²) in [5, 5.41) is 18.1. The number of carbonyl (C=O) groups excluding carboxylic acids is 1. The Bertz CT molecular complexity index is 905. The number of fused-ring (bicyclic) bond motifs is 1. The first-order chi connectivity index (χ1) is 11.3. The van der Waals surface area contributed by atoms with Crippen LogP contribution in [-0.4, -0.2) is 17.7 Å². The molecule has 0 aliphatic heterocycles. The highest BCUT2D eigenvalue weighted by molar-refractivity contribution is 5.88. The van der Waals surface area contributed by atoms with Gasteiger partial charge in [0, 0.05) is 11.5 Å². The standard InChI is InChI=1S/C17H18N2O5/c1-5-23-17(22)16(11(4)20)19-18-13-8-12-9(2)7-15(21)24-14(12)6-10(13)3/h6-8,20H,5H2,1-4H3/b16-11+,19-18?. The summed E-state index contributed by atoms with van der Waals surface area (Å²) < 4.78 is 9.99. The lowest BCUT2D eigenvalue weighted by atomic mass is 10.1. The number of benzene rings is 1. The molecule has 1 heterocycles. The van der Waals surface area contributed by atoms with Crippen molar-refractivity contribution in [3.05, 3.63) is 51.2 Å². The van der Waals surface area contributed by atoms with E-state index in [1.54, 1.807) is 32.9 Å². The average Bonchev–Trinajstić information content (AvgIpc) is 2.48. The van der Waals surface area contributed by atoms with Gasteiger partial charge in [-0.3, -0.25) is 0 Å². The number of aliphatic hydroxyl groups is 1. The Labute approximate surface area is 138 Å². The van der Waals surface area contributed by atoms with Crippen molar-refractivity contribution in [2.45, 2.75) is 27.7 Å². The Balaban J connectivity index is 2.49. The van der Waals surface area contributed by atoms with Crippen molar-refractivity contribution in [2.24, 2.45) is 10.2 Å². The lowest BCUT2D eigenvalue weighted by molar-refractivity contribution is -0.138. The topological polar surface area (TPSA) is 101 Å². The van der Waals surface area contributed by atoms with E-state index in [0.717, 1.165) is 10.9 Å². The molecule has 1 N–H and O–H groups in total. The number of aliphatic hydroxyl groups excluding tert-OH is 1. The minimum Gasteiger partial charge on any atom is -0.510 e. The molecule has 126 valence electrons. The first kappa shape index (κ1) is 17.4. The van der Waals surface area contributed by atoms with Gasteiger partial charge >= 0.3 is 11.6 Å². The normalized spacial score (nSPS) is 12.5. The maximum Gasteiger partial charge on any atom is 0.362 e. The highest BCUT2D eigenvalue weighted by atomic mass is 16.5. The number of esters is 1. The number of hydrogen-bond donors (Lipinski definition) is 1. The van der Waals surface area contributed by atoms with Gasteiger partial charge in [-0.15, -0.1) is 10.2 Å². The lowest BCUT2D eigenvalue weighted by Gasteiger charge is -2.05. The molecule has 0 bridgehead atoms. The molecule has 0 radical (unpaired) electrons. The zero-order valence-electron chi connectivity index (χ0n) is 13.9. The molecule has 2 aromatic rings. The largest absolute Gasteiger partial charge is 0.510 e. The van der Waals surface area contributed by atoms with Crippen molar-refractivity contribution in [1.29, 1.82) is 0 Å². The lowest BCUT2D eigenvalue weighted by Crippen LogP contribution is -2.07. The summed E-state index contributed by atoms with van der Waals surface area (Å²) in [5.74, 6) is -1.03. The van der Waals surface area contributed by atoms with Gasteiger partial charge in [0.1, 0.15) is 11.3 Å². The summed E-state index contributed by atoms with van der Waals surface area (Å²) >= 11 is 0. The van der Waals surface area contributed by atoms with Gasteiger partial charge in [-0.25, -0.2) is 9.59 Å². The summed E-state index contributed by atoms with van der Waals surface area (Å²) in [4.78, 5) is 23.2. The highest BCUT2D eigenvalue weighted by Crippen LogP contribution is 2.28. The number of azo groups is 1. The van der Waals surface area contributed by atoms with Gasteiger partial charge in [-0.1, -0.05) is 0 Å². The molecule has 0 atom stereocenters. The Morgan fingerprint density at radius 1 is 1.25 bits per heavy atom. The van der Waals surface area contributed by atoms with E-state index in [-0.39, 0.29) is 18.1 Å². The van der Waals surface area contributed by atoms with Crippen LogP contribution in [0, 0.1) is 13.8 Å². The third-order valence-corrected chi connectivity index (χ3v) is 3.34. The zero-order chi connectivity index (χ0) is 17.9. The van der Waals surface area contributed by atoms with Gasteiger partial charge in [-0.05, 0) is 51.0 Å². The summed E-state index contributed by atoms with van der Waals surface area (Å²) in [7, 11) is 0. The minimum atomic E-state index is -0.748. The molecule has 0 aliphatic carbocycles. The predicted octanol–water partition coefficient (Wildman–Crippen LogP) is 3.85. The number of nitrogens with zero attached hydrogens (tertiary/aromatic N) is 2. The van der Waals surface area contributed by atoms with E-state index in [4.69, 9.17) is 9.15 Å². The van der Waals surface area contributed by atoms with Crippen LogP contribution in [0.15, 0.2) is 49.1 Å². The van der Waals surface area contributed by atoms with E-state index in [1.807, 2.05) is 0 Å². The van der Waals surface area contributed by atoms with Crippen molar-refractivity contribution in [3.63, 3.8) is 0 Å². The van der Waals surface area contributed by atoms with Crippen LogP contribution in [0.2, 0.25) is 0 Å². The predicted molar refractivity (Wildman–Crippen MR) is 88.4 cm³/mol. The summed E-state index contributed by atoms with van der Waals surface area (Å²) in [6.45, 7) is 6.71. The Morgan fingerprint density at radius 2 is 1.96 bits per heavy atom. The van der Waals surface area contributed by atoms with E-state index in [1.165, 1.54) is 13.0 Å². The van der Waals surface area contributed by atoms with Crippen LogP contribution >= 0.6 is 0 Å². The van der Waals surface area contributed by atoms with Gasteiger partial charge in [0.05, 0.1) is 12.3 Å². The maximum atomic E-state index is 11.8. The van der Waals surface area contributed by atoms with E-state index >= 15 is 0 Å². The van der Waals surface area contributed by atoms with Crippen molar-refractivity contribution in [3.8, 4) is 0 Å². The van der Waals surface area contributed by atoms with E-state index < -0.39 is 11.6 Å². The minimum absolute atomic E-state index is 0.165. The molecule has 0 amide bonds. The second-order valence-electron chi connectivity index (χ2n) is 5.24. The summed E-state index contributed by atoms with van der Waals surface area (Å²) in [5.41, 5.74) is 1.72. The third kappa shape index (κ3) is 3.68. The van der Waals surface area contributed by atoms with Crippen LogP contribution < -0.4 is 5.63 Å². The summed E-state index contributed by atoms with van der Waals surface area (Å²) in [6, 6.07) is 4.78. The van der Waals surface area contributed by atoms with Crippen LogP contribution in [0.3, 0.4) is 0 Å². The Hall–Kier alpha value is -2.96. The van der Waals surface area contributed by atoms with Gasteiger partial charge < -0.3 is 14.3 Å². The molecule has 24 heavy (non-hydrogen) atoms. The van der Waals surface area contributed by atoms with Crippen molar-refractivity contribution in [2.75, 3.05) is 6.61 Å². The fourth-order valence-corrected chi connectivity index (χ4v) is 2.13. The second kappa shape index (κ2) is 7.08. The molecule has 0 saturated heterocycles. The number of hydrogen-bond acceptors (Lipinski definition) is 7. The van der Waals surface area contributed by atoms with Crippen LogP contribution in [0.25, 0.3) is 11.0 Å². The number of aryl methyl sites for hydroxylation is 2. The monoisotopic (exact) mass is 330 g/mol. The van der Waals surface area contributed by atoms with Crippen LogP contribution in [0.4, 0.5) is 5.69 Å². The number of carbonyl (C=O) groups is 1. The van der Waals surface area contributed by atoms with Crippen LogP contribution in [0.1, 0.15) is 25.0 Å². The van der Waals surface area contributed by atoms with Crippen molar-refractivity contribution < 1.29 is 19.1 Å². The molecule has 1 aromatic heterocycles. The van der Waals surface area contributed by atoms with E-state index in [2.05, 4.69) is 10.2 Å². The van der Waals surface area contributed by atoms with Crippen molar-refractivity contribution >= 4 is 22.6 Å². The molecular formula is C17H18N2O5. The first-order valence-electron chi connectivity index (χ1n) is 7.37. The van der Waals surface area contributed by atoms with E-state index in [9.17, 15) is 14.7 Å². The molecule has 7 heteroatoms. The smallest absolute Gasteiger partial charge is 0.362 e. The molecule has 2 rings (SSSR count). The number of rotatable bonds is 4. The number of ether oxygens (including phenoxy) is 1. The van der Waals surface area contributed by atoms with Crippen molar-refractivity contribution in [1.82, 2.24) is 0 Å². The van der Waals surface area contributed by atoms with Crippen LogP contribution in [-0.2, 0) is 9.53 Å². The SMILES string of the molecule is CCOC(=O)/C(N=Nc1cc2c(C)cc(=O)oc2cc1C)=C(/C)O. The highest BCUT2D eigenvalue weighted by Gasteiger charge is 2.14. The molecule has 0 aliphatic rings. The fraction of sp³-hybridized carbons (Fsp3) is 0.294. The second-order valence-corrected chi connectivity index (χ2v) is 5.24. The third-order valence-electron chi connectivity index (χ3n) is 3.34. The fourth-order valence-electron chi connectivity index (χ4n) is 2.13. The van der Waals surface area contributed by atoms with Gasteiger partial charge in [0.2, 0.25) is 5.70 Å². The summed E-state index contributed by atoms with van der Waals surface area (Å²) in [6.07, 6.45) is 0. The quantitative estimate of drug-likeness (QED) is 0.302. The van der Waals surface area contributed by atoms with Crippen LogP contribution in [0.5, 0.6) is 0 Å². The molecular weight excluding hydrogens is 312 g/mol. The van der Waals surface area contributed by atoms with Gasteiger partial charge in [0.15, 0.2) is 0 Å².